The highest BCUT2D eigenvalue weighted by Crippen LogP contribution is 2.12. The Hall–Kier alpha value is -2.61. The lowest BCUT2D eigenvalue weighted by Gasteiger charge is -2.06. The first-order valence-corrected chi connectivity index (χ1v) is 5.84. The normalized spacial score (nSPS) is 9.89. The summed E-state index contributed by atoms with van der Waals surface area (Å²) in [6.07, 6.45) is 0.744. The molecule has 2 rings (SSSR count). The number of nitrogens with zero attached hydrogens (tertiary/aromatic N) is 2. The van der Waals surface area contributed by atoms with Crippen LogP contribution in [0, 0.1) is 17.1 Å². The van der Waals surface area contributed by atoms with Gasteiger partial charge in [0.25, 0.3) is 0 Å². The van der Waals surface area contributed by atoms with Gasteiger partial charge in [0.05, 0.1) is 5.69 Å². The van der Waals surface area contributed by atoms with Crippen molar-refractivity contribution in [2.75, 3.05) is 17.6 Å². The summed E-state index contributed by atoms with van der Waals surface area (Å²) in [5.41, 5.74) is 7.20. The maximum atomic E-state index is 12.7. The summed E-state index contributed by atoms with van der Waals surface area (Å²) in [6, 6.07) is 11.7. The molecule has 5 heteroatoms. The van der Waals surface area contributed by atoms with Crippen molar-refractivity contribution >= 4 is 11.5 Å². The van der Waals surface area contributed by atoms with E-state index in [0.29, 0.717) is 18.1 Å². The van der Waals surface area contributed by atoms with E-state index >= 15 is 0 Å². The number of aromatic nitrogens is 1. The summed E-state index contributed by atoms with van der Waals surface area (Å²) in [5.74, 6) is 0.364. The van der Waals surface area contributed by atoms with Crippen LogP contribution in [0.1, 0.15) is 11.3 Å². The van der Waals surface area contributed by atoms with Crippen LogP contribution >= 0.6 is 0 Å². The molecule has 0 fully saturated rings. The molecule has 4 nitrogen and oxygen atoms in total. The van der Waals surface area contributed by atoms with Crippen molar-refractivity contribution in [1.82, 2.24) is 4.98 Å². The average Bonchev–Trinajstić information content (AvgIpc) is 2.43. The Morgan fingerprint density at radius 2 is 1.95 bits per heavy atom. The SMILES string of the molecule is N#Cc1nc(NCCc2ccc(F)cc2)ccc1N. The van der Waals surface area contributed by atoms with Crippen molar-refractivity contribution < 1.29 is 4.39 Å². The fourth-order valence-electron chi connectivity index (χ4n) is 1.64. The molecule has 96 valence electrons. The molecular formula is C14H13FN4. The molecule has 0 aliphatic heterocycles. The van der Waals surface area contributed by atoms with E-state index < -0.39 is 0 Å². The Morgan fingerprint density at radius 1 is 1.21 bits per heavy atom. The Labute approximate surface area is 110 Å². The maximum absolute atomic E-state index is 12.7. The predicted octanol–water partition coefficient (Wildman–Crippen LogP) is 2.33. The molecule has 0 amide bonds. The van der Waals surface area contributed by atoms with Gasteiger partial charge in [0.15, 0.2) is 5.69 Å². The monoisotopic (exact) mass is 256 g/mol. The number of nitrogens with one attached hydrogen (secondary N) is 1. The van der Waals surface area contributed by atoms with Crippen molar-refractivity contribution in [2.24, 2.45) is 0 Å². The lowest BCUT2D eigenvalue weighted by molar-refractivity contribution is 0.627. The van der Waals surface area contributed by atoms with Gasteiger partial charge in [-0.15, -0.1) is 0 Å². The minimum atomic E-state index is -0.240. The minimum absolute atomic E-state index is 0.215. The molecule has 1 heterocycles. The third kappa shape index (κ3) is 3.42. The van der Waals surface area contributed by atoms with Gasteiger partial charge in [-0.2, -0.15) is 5.26 Å². The van der Waals surface area contributed by atoms with Crippen molar-refractivity contribution in [3.63, 3.8) is 0 Å². The van der Waals surface area contributed by atoms with Gasteiger partial charge in [0.1, 0.15) is 17.7 Å². The fourth-order valence-corrected chi connectivity index (χ4v) is 1.64. The zero-order valence-corrected chi connectivity index (χ0v) is 10.2. The molecule has 3 N–H and O–H groups in total. The number of rotatable bonds is 4. The lowest BCUT2D eigenvalue weighted by atomic mass is 10.1. The third-order valence-electron chi connectivity index (χ3n) is 2.67. The molecule has 0 spiro atoms. The first kappa shape index (κ1) is 12.8. The number of nitrogens with two attached hydrogens (primary N) is 1. The van der Waals surface area contributed by atoms with Crippen LogP contribution in [0.2, 0.25) is 0 Å². The Balaban J connectivity index is 1.92. The summed E-state index contributed by atoms with van der Waals surface area (Å²) >= 11 is 0. The van der Waals surface area contributed by atoms with Crippen molar-refractivity contribution in [1.29, 1.82) is 5.26 Å². The largest absolute Gasteiger partial charge is 0.396 e. The summed E-state index contributed by atoms with van der Waals surface area (Å²) in [4.78, 5) is 4.08. The highest BCUT2D eigenvalue weighted by atomic mass is 19.1. The van der Waals surface area contributed by atoms with Gasteiger partial charge in [0, 0.05) is 6.54 Å². The lowest BCUT2D eigenvalue weighted by Crippen LogP contribution is -2.07. The van der Waals surface area contributed by atoms with Gasteiger partial charge >= 0.3 is 0 Å². The highest BCUT2D eigenvalue weighted by molar-refractivity contribution is 5.54. The summed E-state index contributed by atoms with van der Waals surface area (Å²) in [5, 5.41) is 11.9. The van der Waals surface area contributed by atoms with Gasteiger partial charge in [0.2, 0.25) is 0 Å². The number of nitrogen functional groups attached to an aromatic ring is 1. The summed E-state index contributed by atoms with van der Waals surface area (Å²) < 4.78 is 12.7. The van der Waals surface area contributed by atoms with Crippen LogP contribution in [0.3, 0.4) is 0 Å². The van der Waals surface area contributed by atoms with E-state index in [1.54, 1.807) is 24.3 Å². The van der Waals surface area contributed by atoms with E-state index in [-0.39, 0.29) is 11.5 Å². The topological polar surface area (TPSA) is 74.7 Å². The summed E-state index contributed by atoms with van der Waals surface area (Å²) in [6.45, 7) is 0.646. The van der Waals surface area contributed by atoms with Gasteiger partial charge in [-0.3, -0.25) is 0 Å². The Morgan fingerprint density at radius 3 is 2.63 bits per heavy atom. The van der Waals surface area contributed by atoms with Crippen LogP contribution in [-0.2, 0) is 6.42 Å². The van der Waals surface area contributed by atoms with Gasteiger partial charge < -0.3 is 11.1 Å². The fraction of sp³-hybridized carbons (Fsp3) is 0.143. The molecule has 0 bridgehead atoms. The predicted molar refractivity (Wildman–Crippen MR) is 72.0 cm³/mol. The van der Waals surface area contributed by atoms with Crippen LogP contribution in [0.4, 0.5) is 15.9 Å². The van der Waals surface area contributed by atoms with E-state index in [4.69, 9.17) is 11.0 Å². The number of anilines is 2. The molecule has 19 heavy (non-hydrogen) atoms. The smallest absolute Gasteiger partial charge is 0.165 e. The second-order valence-corrected chi connectivity index (χ2v) is 4.05. The molecule has 0 aliphatic carbocycles. The summed E-state index contributed by atoms with van der Waals surface area (Å²) in [7, 11) is 0. The van der Waals surface area contributed by atoms with Crippen LogP contribution in [0.15, 0.2) is 36.4 Å². The maximum Gasteiger partial charge on any atom is 0.165 e. The van der Waals surface area contributed by atoms with E-state index in [1.807, 2.05) is 6.07 Å². The quantitative estimate of drug-likeness (QED) is 0.880. The van der Waals surface area contributed by atoms with Gasteiger partial charge in [-0.25, -0.2) is 9.37 Å². The number of halogens is 1. The zero-order valence-electron chi connectivity index (χ0n) is 10.2. The molecule has 0 saturated heterocycles. The second kappa shape index (κ2) is 5.83. The molecule has 0 saturated carbocycles. The number of pyridine rings is 1. The van der Waals surface area contributed by atoms with Crippen LogP contribution in [0.5, 0.6) is 0 Å². The van der Waals surface area contributed by atoms with E-state index in [2.05, 4.69) is 10.3 Å². The van der Waals surface area contributed by atoms with Crippen molar-refractivity contribution in [2.45, 2.75) is 6.42 Å². The molecule has 2 aromatic rings. The zero-order chi connectivity index (χ0) is 13.7. The molecule has 0 atom stereocenters. The number of benzene rings is 1. The third-order valence-corrected chi connectivity index (χ3v) is 2.67. The minimum Gasteiger partial charge on any atom is -0.396 e. The number of nitriles is 1. The van der Waals surface area contributed by atoms with Crippen LogP contribution in [0.25, 0.3) is 0 Å². The molecule has 0 unspecified atom stereocenters. The van der Waals surface area contributed by atoms with Crippen LogP contribution in [-0.4, -0.2) is 11.5 Å². The molecule has 0 radical (unpaired) electrons. The highest BCUT2D eigenvalue weighted by Gasteiger charge is 2.01. The number of hydrogen-bond donors (Lipinski definition) is 2. The Kier molecular flexibility index (Phi) is 3.94. The number of hydrogen-bond acceptors (Lipinski definition) is 4. The molecule has 0 aliphatic rings. The van der Waals surface area contributed by atoms with Gasteiger partial charge in [-0.1, -0.05) is 12.1 Å². The average molecular weight is 256 g/mol. The molecule has 1 aromatic heterocycles. The first-order chi connectivity index (χ1) is 9.19. The standard InChI is InChI=1S/C14H13FN4/c15-11-3-1-10(2-4-11)7-8-18-14-6-5-12(17)13(9-16)19-14/h1-6H,7-8,17H2,(H,18,19). The van der Waals surface area contributed by atoms with Gasteiger partial charge in [-0.05, 0) is 36.2 Å². The second-order valence-electron chi connectivity index (χ2n) is 4.05. The van der Waals surface area contributed by atoms with Crippen LogP contribution < -0.4 is 11.1 Å². The van der Waals surface area contributed by atoms with Crippen molar-refractivity contribution in [3.8, 4) is 6.07 Å². The molecule has 1 aromatic carbocycles. The Bertz CT molecular complexity index is 602. The molecular weight excluding hydrogens is 243 g/mol. The van der Waals surface area contributed by atoms with E-state index in [9.17, 15) is 4.39 Å². The van der Waals surface area contributed by atoms with E-state index in [0.717, 1.165) is 12.0 Å². The first-order valence-electron chi connectivity index (χ1n) is 5.84. The van der Waals surface area contributed by atoms with Crippen molar-refractivity contribution in [3.05, 3.63) is 53.5 Å². The van der Waals surface area contributed by atoms with E-state index in [1.165, 1.54) is 12.1 Å².